The van der Waals surface area contributed by atoms with E-state index >= 15 is 0 Å². The molecule has 0 aromatic rings. The lowest BCUT2D eigenvalue weighted by Gasteiger charge is -2.43. The first-order valence-electron chi connectivity index (χ1n) is 11.5. The van der Waals surface area contributed by atoms with E-state index in [9.17, 15) is 9.59 Å². The van der Waals surface area contributed by atoms with Crippen molar-refractivity contribution in [3.63, 3.8) is 0 Å². The van der Waals surface area contributed by atoms with Crippen LogP contribution in [0, 0.1) is 17.8 Å². The molecule has 0 aromatic carbocycles. The van der Waals surface area contributed by atoms with Crippen molar-refractivity contribution in [2.75, 3.05) is 40.3 Å². The Labute approximate surface area is 174 Å². The molecule has 0 bridgehead atoms. The predicted octanol–water partition coefficient (Wildman–Crippen LogP) is -0.775. The topological polar surface area (TPSA) is 97.5 Å². The molecule has 3 aliphatic heterocycles. The smallest absolute Gasteiger partial charge is 0.225 e. The number of nitrogens with one attached hydrogen (secondary N) is 5. The molecule has 8 nitrogen and oxygen atoms in total. The van der Waals surface area contributed by atoms with E-state index < -0.39 is 0 Å². The third-order valence-electron chi connectivity index (χ3n) is 7.49. The number of carbonyl (C=O) groups excluding carboxylic acids is 2. The van der Waals surface area contributed by atoms with E-state index in [-0.39, 0.29) is 35.9 Å². The lowest BCUT2D eigenvalue weighted by Crippen LogP contribution is -2.63. The first-order valence-corrected chi connectivity index (χ1v) is 11.5. The second-order valence-corrected chi connectivity index (χ2v) is 9.37. The number of nitrogens with zero attached hydrogens (tertiary/aromatic N) is 1. The minimum Gasteiger partial charge on any atom is -0.359 e. The first-order chi connectivity index (χ1) is 14.1. The number of rotatable bonds is 6. The fourth-order valence-electron chi connectivity index (χ4n) is 5.53. The Bertz CT molecular complexity index is 590. The zero-order chi connectivity index (χ0) is 20.4. The summed E-state index contributed by atoms with van der Waals surface area (Å²) in [7, 11) is 3.44. The molecule has 8 heteroatoms. The second-order valence-electron chi connectivity index (χ2n) is 9.37. The van der Waals surface area contributed by atoms with Crippen LogP contribution in [0.15, 0.2) is 0 Å². The van der Waals surface area contributed by atoms with Gasteiger partial charge in [-0.2, -0.15) is 0 Å². The van der Waals surface area contributed by atoms with Gasteiger partial charge in [-0.15, -0.1) is 0 Å². The van der Waals surface area contributed by atoms with Gasteiger partial charge in [0.2, 0.25) is 11.8 Å². The highest BCUT2D eigenvalue weighted by molar-refractivity contribution is 5.79. The lowest BCUT2D eigenvalue weighted by molar-refractivity contribution is -0.126. The van der Waals surface area contributed by atoms with Crippen molar-refractivity contribution in [1.82, 2.24) is 31.5 Å². The zero-order valence-corrected chi connectivity index (χ0v) is 17.9. The minimum absolute atomic E-state index is 0.0604. The summed E-state index contributed by atoms with van der Waals surface area (Å²) in [5, 5.41) is 16.8. The number of hydrogen-bond acceptors (Lipinski definition) is 6. The molecule has 29 heavy (non-hydrogen) atoms. The molecule has 1 saturated carbocycles. The molecule has 0 spiro atoms. The molecule has 2 amide bonds. The van der Waals surface area contributed by atoms with Gasteiger partial charge in [0.25, 0.3) is 0 Å². The van der Waals surface area contributed by atoms with Crippen LogP contribution in [0.25, 0.3) is 0 Å². The fraction of sp³-hybridized carbons (Fsp3) is 0.905. The highest BCUT2D eigenvalue weighted by Crippen LogP contribution is 2.36. The normalized spacial score (nSPS) is 38.6. The molecule has 4 rings (SSSR count). The Morgan fingerprint density at radius 2 is 1.72 bits per heavy atom. The average Bonchev–Trinajstić information content (AvgIpc) is 3.49. The molecule has 6 unspecified atom stereocenters. The van der Waals surface area contributed by atoms with Gasteiger partial charge in [0, 0.05) is 58.4 Å². The Morgan fingerprint density at radius 1 is 0.931 bits per heavy atom. The van der Waals surface area contributed by atoms with Gasteiger partial charge in [-0.3, -0.25) is 14.5 Å². The summed E-state index contributed by atoms with van der Waals surface area (Å²) < 4.78 is 0. The molecule has 3 saturated heterocycles. The highest BCUT2D eigenvalue weighted by Gasteiger charge is 2.41. The highest BCUT2D eigenvalue weighted by atomic mass is 16.2. The third kappa shape index (κ3) is 4.93. The molecule has 164 valence electrons. The maximum absolute atomic E-state index is 12.5. The van der Waals surface area contributed by atoms with Gasteiger partial charge in [-0.25, -0.2) is 0 Å². The number of likely N-dealkylation sites (tertiary alicyclic amines) is 1. The molecule has 5 N–H and O–H groups in total. The number of carbonyl (C=O) groups is 2. The molecule has 1 aliphatic carbocycles. The van der Waals surface area contributed by atoms with E-state index in [0.717, 1.165) is 38.4 Å². The van der Waals surface area contributed by atoms with Crippen LogP contribution in [-0.2, 0) is 9.59 Å². The molecule has 0 radical (unpaired) electrons. The monoisotopic (exact) mass is 406 g/mol. The molecule has 3 heterocycles. The van der Waals surface area contributed by atoms with E-state index in [2.05, 4.69) is 31.5 Å². The Morgan fingerprint density at radius 3 is 2.38 bits per heavy atom. The van der Waals surface area contributed by atoms with Crippen LogP contribution in [0.1, 0.15) is 38.5 Å². The molecular weight excluding hydrogens is 368 g/mol. The van der Waals surface area contributed by atoms with Gasteiger partial charge in [0.1, 0.15) is 0 Å². The van der Waals surface area contributed by atoms with E-state index in [4.69, 9.17) is 0 Å². The molecular formula is C21H38N6O2. The zero-order valence-electron chi connectivity index (χ0n) is 17.9. The van der Waals surface area contributed by atoms with Crippen molar-refractivity contribution >= 4 is 11.8 Å². The van der Waals surface area contributed by atoms with E-state index in [1.807, 2.05) is 0 Å². The van der Waals surface area contributed by atoms with E-state index in [0.29, 0.717) is 18.6 Å². The van der Waals surface area contributed by atoms with Crippen LogP contribution in [0.3, 0.4) is 0 Å². The summed E-state index contributed by atoms with van der Waals surface area (Å²) in [6, 6.07) is 1.29. The van der Waals surface area contributed by atoms with Crippen LogP contribution in [0.4, 0.5) is 0 Å². The lowest BCUT2D eigenvalue weighted by atomic mass is 9.88. The predicted molar refractivity (Wildman–Crippen MR) is 112 cm³/mol. The Balaban J connectivity index is 1.34. The van der Waals surface area contributed by atoms with Crippen LogP contribution in [-0.4, -0.2) is 81.3 Å². The molecule has 4 aliphatic rings. The summed E-state index contributed by atoms with van der Waals surface area (Å²) >= 11 is 0. The summed E-state index contributed by atoms with van der Waals surface area (Å²) in [6.45, 7) is 3.40. The molecule has 6 atom stereocenters. The maximum Gasteiger partial charge on any atom is 0.225 e. The van der Waals surface area contributed by atoms with Crippen molar-refractivity contribution < 1.29 is 9.59 Å². The van der Waals surface area contributed by atoms with Gasteiger partial charge in [0.05, 0.1) is 18.0 Å². The van der Waals surface area contributed by atoms with Crippen LogP contribution < -0.4 is 26.6 Å². The Hall–Kier alpha value is -1.22. The quantitative estimate of drug-likeness (QED) is 0.397. The third-order valence-corrected chi connectivity index (χ3v) is 7.49. The van der Waals surface area contributed by atoms with E-state index in [1.165, 1.54) is 25.7 Å². The number of hydrogen-bond donors (Lipinski definition) is 5. The summed E-state index contributed by atoms with van der Waals surface area (Å²) in [6.07, 6.45) is 7.21. The van der Waals surface area contributed by atoms with Gasteiger partial charge >= 0.3 is 0 Å². The van der Waals surface area contributed by atoms with Gasteiger partial charge in [-0.1, -0.05) is 0 Å². The van der Waals surface area contributed by atoms with E-state index in [1.54, 1.807) is 14.1 Å². The fourth-order valence-corrected chi connectivity index (χ4v) is 5.53. The largest absolute Gasteiger partial charge is 0.359 e. The summed E-state index contributed by atoms with van der Waals surface area (Å²) in [5.41, 5.74) is 0. The molecule has 4 fully saturated rings. The summed E-state index contributed by atoms with van der Waals surface area (Å²) in [5.74, 6) is 1.17. The van der Waals surface area contributed by atoms with Crippen LogP contribution >= 0.6 is 0 Å². The van der Waals surface area contributed by atoms with Gasteiger partial charge < -0.3 is 26.6 Å². The first kappa shape index (κ1) is 21.0. The minimum atomic E-state index is -0.0604. The van der Waals surface area contributed by atoms with Crippen LogP contribution in [0.5, 0.6) is 0 Å². The SMILES string of the molecule is CNC(=O)C1CCN(C2CC(NC3CCC(C4CC4)NC3)C(C(=O)NC)CN2)C1. The molecule has 0 aromatic heterocycles. The van der Waals surface area contributed by atoms with Gasteiger partial charge in [-0.05, 0) is 44.4 Å². The van der Waals surface area contributed by atoms with Gasteiger partial charge in [0.15, 0.2) is 0 Å². The van der Waals surface area contributed by atoms with Crippen molar-refractivity contribution in [3.8, 4) is 0 Å². The van der Waals surface area contributed by atoms with Crippen molar-refractivity contribution in [1.29, 1.82) is 0 Å². The number of piperidine rings is 2. The maximum atomic E-state index is 12.5. The Kier molecular flexibility index (Phi) is 6.73. The van der Waals surface area contributed by atoms with Crippen LogP contribution in [0.2, 0.25) is 0 Å². The average molecular weight is 407 g/mol. The van der Waals surface area contributed by atoms with Crippen molar-refractivity contribution in [2.24, 2.45) is 17.8 Å². The second kappa shape index (κ2) is 9.29. The van der Waals surface area contributed by atoms with Crippen molar-refractivity contribution in [2.45, 2.75) is 62.8 Å². The summed E-state index contributed by atoms with van der Waals surface area (Å²) in [4.78, 5) is 26.9. The standard InChI is InChI=1S/C21H38N6O2/c1-22-20(28)14-7-8-27(12-14)19-9-18(16(11-25-19)21(29)23-2)26-15-5-6-17(24-10-15)13-3-4-13/h13-19,24-26H,3-12H2,1-2H3,(H,22,28)(H,23,29). The van der Waals surface area contributed by atoms with Crippen molar-refractivity contribution in [3.05, 3.63) is 0 Å². The number of amides is 2.